The molecule has 0 radical (unpaired) electrons. The SMILES string of the molecule is C=C1CC(=O)N([C@H]2CCN(C3=CC(=O)N([C@H]4CCN(C5=CC(=O)N[C@H]5C)C4)[C@H]3C)C2)[C@H]1C. The quantitative estimate of drug-likeness (QED) is 0.657. The normalized spacial score (nSPS) is 35.4. The van der Waals surface area contributed by atoms with Crippen LogP contribution in [-0.4, -0.2) is 93.7 Å². The molecule has 5 atom stereocenters. The number of likely N-dealkylation sites (tertiary alicyclic amines) is 3. The maximum atomic E-state index is 13.0. The molecule has 0 bridgehead atoms. The van der Waals surface area contributed by atoms with E-state index < -0.39 is 0 Å². The van der Waals surface area contributed by atoms with Crippen LogP contribution in [0.3, 0.4) is 0 Å². The van der Waals surface area contributed by atoms with Gasteiger partial charge in [-0.05, 0) is 39.2 Å². The van der Waals surface area contributed by atoms with Gasteiger partial charge in [-0.25, -0.2) is 0 Å². The van der Waals surface area contributed by atoms with Gasteiger partial charge >= 0.3 is 0 Å². The Balaban J connectivity index is 1.24. The van der Waals surface area contributed by atoms with Crippen LogP contribution in [0.15, 0.2) is 35.7 Å². The Morgan fingerprint density at radius 3 is 2.06 bits per heavy atom. The first-order valence-corrected chi connectivity index (χ1v) is 11.8. The van der Waals surface area contributed by atoms with Crippen molar-refractivity contribution in [1.29, 1.82) is 0 Å². The van der Waals surface area contributed by atoms with Gasteiger partial charge in [-0.1, -0.05) is 6.58 Å². The highest BCUT2D eigenvalue weighted by Gasteiger charge is 2.44. The highest BCUT2D eigenvalue weighted by Crippen LogP contribution is 2.35. The fraction of sp³-hybridized carbons (Fsp3) is 0.625. The average Bonchev–Trinajstić information content (AvgIpc) is 3.52. The van der Waals surface area contributed by atoms with Crippen LogP contribution >= 0.6 is 0 Å². The molecule has 3 fully saturated rings. The van der Waals surface area contributed by atoms with Gasteiger partial charge in [-0.15, -0.1) is 0 Å². The van der Waals surface area contributed by atoms with Crippen molar-refractivity contribution in [2.45, 2.75) is 70.2 Å². The van der Waals surface area contributed by atoms with Gasteiger partial charge in [0.15, 0.2) is 0 Å². The molecule has 0 aromatic carbocycles. The predicted molar refractivity (Wildman–Crippen MR) is 120 cm³/mol. The van der Waals surface area contributed by atoms with E-state index in [1.165, 1.54) is 0 Å². The number of carbonyl (C=O) groups is 3. The van der Waals surface area contributed by atoms with E-state index in [0.717, 1.165) is 56.0 Å². The van der Waals surface area contributed by atoms with E-state index in [1.807, 2.05) is 16.7 Å². The third-order valence-corrected chi connectivity index (χ3v) is 7.97. The first-order valence-electron chi connectivity index (χ1n) is 11.8. The van der Waals surface area contributed by atoms with Gasteiger partial charge in [-0.2, -0.15) is 0 Å². The molecule has 0 saturated carbocycles. The molecule has 0 aliphatic carbocycles. The molecule has 0 aromatic heterocycles. The summed E-state index contributed by atoms with van der Waals surface area (Å²) in [6.07, 6.45) is 5.77. The molecule has 0 unspecified atom stereocenters. The Morgan fingerprint density at radius 2 is 1.50 bits per heavy atom. The Bertz CT molecular complexity index is 940. The number of hydrogen-bond acceptors (Lipinski definition) is 5. The molecular formula is C24H33N5O3. The number of nitrogens with zero attached hydrogens (tertiary/aromatic N) is 4. The monoisotopic (exact) mass is 439 g/mol. The highest BCUT2D eigenvalue weighted by molar-refractivity contribution is 5.92. The van der Waals surface area contributed by atoms with Gasteiger partial charge in [0.05, 0.1) is 30.2 Å². The van der Waals surface area contributed by atoms with Gasteiger partial charge in [0.1, 0.15) is 0 Å². The lowest BCUT2D eigenvalue weighted by molar-refractivity contribution is -0.130. The minimum atomic E-state index is -0.0384. The van der Waals surface area contributed by atoms with Gasteiger partial charge < -0.3 is 24.9 Å². The van der Waals surface area contributed by atoms with Crippen molar-refractivity contribution in [2.75, 3.05) is 26.2 Å². The molecule has 32 heavy (non-hydrogen) atoms. The summed E-state index contributed by atoms with van der Waals surface area (Å²) in [6, 6.07) is 0.449. The zero-order chi connectivity index (χ0) is 22.7. The Kier molecular flexibility index (Phi) is 5.06. The van der Waals surface area contributed by atoms with E-state index in [4.69, 9.17) is 0 Å². The van der Waals surface area contributed by atoms with Crippen molar-refractivity contribution in [2.24, 2.45) is 0 Å². The summed E-state index contributed by atoms with van der Waals surface area (Å²) in [6.45, 7) is 13.5. The summed E-state index contributed by atoms with van der Waals surface area (Å²) < 4.78 is 0. The largest absolute Gasteiger partial charge is 0.371 e. The molecule has 172 valence electrons. The lowest BCUT2D eigenvalue weighted by atomic mass is 10.1. The van der Waals surface area contributed by atoms with Crippen molar-refractivity contribution < 1.29 is 14.4 Å². The third-order valence-electron chi connectivity index (χ3n) is 7.97. The number of amides is 3. The first kappa shape index (κ1) is 21.1. The Labute approximate surface area is 189 Å². The summed E-state index contributed by atoms with van der Waals surface area (Å²) in [5.74, 6) is 0.211. The topological polar surface area (TPSA) is 76.2 Å². The van der Waals surface area contributed by atoms with E-state index in [0.29, 0.717) is 6.42 Å². The predicted octanol–water partition coefficient (Wildman–Crippen LogP) is 0.829. The summed E-state index contributed by atoms with van der Waals surface area (Å²) in [5.41, 5.74) is 3.09. The van der Waals surface area contributed by atoms with Crippen LogP contribution in [0.25, 0.3) is 0 Å². The van der Waals surface area contributed by atoms with Crippen LogP contribution < -0.4 is 5.32 Å². The fourth-order valence-electron chi connectivity index (χ4n) is 6.23. The fourth-order valence-corrected chi connectivity index (χ4v) is 6.23. The van der Waals surface area contributed by atoms with Crippen molar-refractivity contribution in [1.82, 2.24) is 24.9 Å². The maximum absolute atomic E-state index is 13.0. The lowest BCUT2D eigenvalue weighted by Gasteiger charge is -2.34. The van der Waals surface area contributed by atoms with Crippen LogP contribution in [0, 0.1) is 0 Å². The zero-order valence-corrected chi connectivity index (χ0v) is 19.2. The number of carbonyl (C=O) groups excluding carboxylic acids is 3. The molecule has 3 saturated heterocycles. The molecular weight excluding hydrogens is 406 g/mol. The van der Waals surface area contributed by atoms with Gasteiger partial charge in [0.2, 0.25) is 17.7 Å². The second-order valence-electron chi connectivity index (χ2n) is 9.88. The summed E-state index contributed by atoms with van der Waals surface area (Å²) in [7, 11) is 0. The smallest absolute Gasteiger partial charge is 0.249 e. The van der Waals surface area contributed by atoms with E-state index >= 15 is 0 Å². The summed E-state index contributed by atoms with van der Waals surface area (Å²) >= 11 is 0. The van der Waals surface area contributed by atoms with Crippen molar-refractivity contribution >= 4 is 17.7 Å². The summed E-state index contributed by atoms with van der Waals surface area (Å²) in [4.78, 5) is 45.8. The van der Waals surface area contributed by atoms with Gasteiger partial charge in [0.25, 0.3) is 0 Å². The maximum Gasteiger partial charge on any atom is 0.249 e. The minimum Gasteiger partial charge on any atom is -0.371 e. The zero-order valence-electron chi connectivity index (χ0n) is 19.2. The molecule has 1 N–H and O–H groups in total. The lowest BCUT2D eigenvalue weighted by Crippen LogP contribution is -2.46. The average molecular weight is 440 g/mol. The van der Waals surface area contributed by atoms with E-state index in [-0.39, 0.29) is 47.9 Å². The van der Waals surface area contributed by atoms with E-state index in [1.54, 1.807) is 12.2 Å². The molecule has 8 heteroatoms. The molecule has 0 aromatic rings. The molecule has 0 spiro atoms. The van der Waals surface area contributed by atoms with Crippen LogP contribution in [0.5, 0.6) is 0 Å². The van der Waals surface area contributed by atoms with Crippen molar-refractivity contribution in [3.05, 3.63) is 35.7 Å². The number of rotatable bonds is 4. The number of hydrogen-bond donors (Lipinski definition) is 1. The Hall–Kier alpha value is -2.77. The molecule has 5 aliphatic heterocycles. The second-order valence-corrected chi connectivity index (χ2v) is 9.88. The third kappa shape index (κ3) is 3.31. The van der Waals surface area contributed by atoms with E-state index in [2.05, 4.69) is 35.5 Å². The molecule has 3 amide bonds. The highest BCUT2D eigenvalue weighted by atomic mass is 16.2. The van der Waals surface area contributed by atoms with Crippen LogP contribution in [0.1, 0.15) is 40.0 Å². The van der Waals surface area contributed by atoms with E-state index in [9.17, 15) is 14.4 Å². The van der Waals surface area contributed by atoms with Crippen LogP contribution in [0.4, 0.5) is 0 Å². The standard InChI is InChI=1S/C24H33N5O3/c1-14-9-23(31)28(16(14)3)18-6-8-27(13-18)21-11-24(32)29(17(21)4)19-5-7-26(12-19)20-10-22(30)25-15(20)2/h10-11,15-19H,1,5-9,12-13H2,2-4H3,(H,25,30)/t15-,16-,17-,18-,19-/m0/s1. The summed E-state index contributed by atoms with van der Waals surface area (Å²) in [5, 5.41) is 2.92. The van der Waals surface area contributed by atoms with Gasteiger partial charge in [-0.3, -0.25) is 14.4 Å². The van der Waals surface area contributed by atoms with Gasteiger partial charge in [0, 0.05) is 56.1 Å². The number of nitrogens with one attached hydrogen (secondary N) is 1. The molecule has 5 heterocycles. The first-order chi connectivity index (χ1) is 15.2. The van der Waals surface area contributed by atoms with Crippen LogP contribution in [-0.2, 0) is 14.4 Å². The molecule has 8 nitrogen and oxygen atoms in total. The second kappa shape index (κ2) is 7.67. The van der Waals surface area contributed by atoms with Crippen molar-refractivity contribution in [3.8, 4) is 0 Å². The molecule has 5 aliphatic rings. The Morgan fingerprint density at radius 1 is 0.875 bits per heavy atom. The van der Waals surface area contributed by atoms with Crippen molar-refractivity contribution in [3.63, 3.8) is 0 Å². The molecule has 5 rings (SSSR count). The van der Waals surface area contributed by atoms with Crippen LogP contribution in [0.2, 0.25) is 0 Å². The minimum absolute atomic E-state index is 0.0163.